The number of aromatic nitrogens is 1. The highest BCUT2D eigenvalue weighted by molar-refractivity contribution is 6.05. The first-order valence-electron chi connectivity index (χ1n) is 6.74. The van der Waals surface area contributed by atoms with Crippen LogP contribution in [0.3, 0.4) is 0 Å². The van der Waals surface area contributed by atoms with Crippen LogP contribution in [0.5, 0.6) is 0 Å². The van der Waals surface area contributed by atoms with Gasteiger partial charge in [-0.3, -0.25) is 9.78 Å². The van der Waals surface area contributed by atoms with Crippen LogP contribution in [0, 0.1) is 0 Å². The maximum absolute atomic E-state index is 12.7. The number of rotatable bonds is 2. The van der Waals surface area contributed by atoms with Gasteiger partial charge in [-0.1, -0.05) is 18.2 Å². The summed E-state index contributed by atoms with van der Waals surface area (Å²) in [5.41, 5.74) is 7.01. The van der Waals surface area contributed by atoms with Crippen molar-refractivity contribution in [3.63, 3.8) is 0 Å². The van der Waals surface area contributed by atoms with Crippen molar-refractivity contribution in [2.45, 2.75) is 6.10 Å². The number of amides is 1. The number of carbonyl (C=O) groups excluding carboxylic acids is 1. The number of morpholine rings is 1. The van der Waals surface area contributed by atoms with Crippen LogP contribution >= 0.6 is 24.8 Å². The van der Waals surface area contributed by atoms with Gasteiger partial charge < -0.3 is 15.4 Å². The summed E-state index contributed by atoms with van der Waals surface area (Å²) in [6.07, 6.45) is 1.64. The zero-order chi connectivity index (χ0) is 13.9. The first-order valence-corrected chi connectivity index (χ1v) is 6.74. The van der Waals surface area contributed by atoms with Crippen molar-refractivity contribution in [2.24, 2.45) is 5.73 Å². The summed E-state index contributed by atoms with van der Waals surface area (Å²) in [4.78, 5) is 18.8. The molecular formula is C15H19Cl2N3O2. The molecule has 1 aliphatic rings. The van der Waals surface area contributed by atoms with Crippen molar-refractivity contribution in [3.8, 4) is 0 Å². The largest absolute Gasteiger partial charge is 0.373 e. The van der Waals surface area contributed by atoms with Crippen LogP contribution in [-0.4, -0.2) is 48.1 Å². The first kappa shape index (κ1) is 18.6. The third-order valence-corrected chi connectivity index (χ3v) is 3.55. The molecule has 0 bridgehead atoms. The minimum atomic E-state index is -0.0735. The standard InChI is InChI=1S/C15H17N3O2.2ClH/c16-9-12-10-18(7-8-20-12)15(19)13-5-1-3-11-4-2-6-17-14(11)13;;/h1-6,12H,7-10,16H2;2*1H. The van der Waals surface area contributed by atoms with Gasteiger partial charge in [0.05, 0.1) is 23.8 Å². The number of pyridine rings is 1. The predicted octanol–water partition coefficient (Wildman–Crippen LogP) is 1.88. The van der Waals surface area contributed by atoms with Crippen molar-refractivity contribution in [2.75, 3.05) is 26.2 Å². The zero-order valence-electron chi connectivity index (χ0n) is 12.0. The highest BCUT2D eigenvalue weighted by Gasteiger charge is 2.25. The smallest absolute Gasteiger partial charge is 0.256 e. The molecule has 1 fully saturated rings. The van der Waals surface area contributed by atoms with Crippen LogP contribution in [0.2, 0.25) is 0 Å². The molecule has 22 heavy (non-hydrogen) atoms. The van der Waals surface area contributed by atoms with Crippen LogP contribution in [0.1, 0.15) is 10.4 Å². The number of carbonyl (C=O) groups is 1. The number of nitrogens with two attached hydrogens (primary N) is 1. The molecule has 0 aliphatic carbocycles. The van der Waals surface area contributed by atoms with Crippen molar-refractivity contribution < 1.29 is 9.53 Å². The van der Waals surface area contributed by atoms with Crippen LogP contribution < -0.4 is 5.73 Å². The van der Waals surface area contributed by atoms with Crippen LogP contribution in [0.15, 0.2) is 36.5 Å². The second kappa shape index (κ2) is 8.29. The maximum atomic E-state index is 12.7. The molecule has 5 nitrogen and oxygen atoms in total. The first-order chi connectivity index (χ1) is 9.79. The second-order valence-corrected chi connectivity index (χ2v) is 4.86. The number of benzene rings is 1. The van der Waals surface area contributed by atoms with Crippen LogP contribution in [0.4, 0.5) is 0 Å². The van der Waals surface area contributed by atoms with Crippen LogP contribution in [0.25, 0.3) is 10.9 Å². The molecule has 0 radical (unpaired) electrons. The van der Waals surface area contributed by atoms with E-state index in [1.807, 2.05) is 30.3 Å². The Morgan fingerprint density at radius 1 is 1.32 bits per heavy atom. The fourth-order valence-corrected chi connectivity index (χ4v) is 2.49. The summed E-state index contributed by atoms with van der Waals surface area (Å²) in [6, 6.07) is 9.50. The molecule has 2 N–H and O–H groups in total. The average molecular weight is 344 g/mol. The van der Waals surface area contributed by atoms with Gasteiger partial charge in [-0.2, -0.15) is 0 Å². The Morgan fingerprint density at radius 3 is 2.86 bits per heavy atom. The number of hydrogen-bond acceptors (Lipinski definition) is 4. The Labute approximate surface area is 141 Å². The predicted molar refractivity (Wildman–Crippen MR) is 90.9 cm³/mol. The fraction of sp³-hybridized carbons (Fsp3) is 0.333. The maximum Gasteiger partial charge on any atom is 0.256 e. The molecule has 1 aromatic heterocycles. The third kappa shape index (κ3) is 3.67. The minimum absolute atomic E-state index is 0. The molecule has 1 atom stereocenters. The Morgan fingerprint density at radius 2 is 2.09 bits per heavy atom. The van der Waals surface area contributed by atoms with Gasteiger partial charge in [-0.15, -0.1) is 24.8 Å². The molecule has 1 saturated heterocycles. The van der Waals surface area contributed by atoms with E-state index in [0.29, 0.717) is 31.8 Å². The molecule has 1 unspecified atom stereocenters. The van der Waals surface area contributed by atoms with E-state index < -0.39 is 0 Å². The molecule has 7 heteroatoms. The summed E-state index contributed by atoms with van der Waals surface area (Å²) in [7, 11) is 0. The quantitative estimate of drug-likeness (QED) is 0.903. The summed E-state index contributed by atoms with van der Waals surface area (Å²) in [6.45, 7) is 2.10. The molecule has 120 valence electrons. The highest BCUT2D eigenvalue weighted by atomic mass is 35.5. The monoisotopic (exact) mass is 343 g/mol. The number of para-hydroxylation sites is 1. The Hall–Kier alpha value is -1.40. The number of ether oxygens (including phenoxy) is 1. The van der Waals surface area contributed by atoms with Crippen molar-refractivity contribution in [1.29, 1.82) is 0 Å². The third-order valence-electron chi connectivity index (χ3n) is 3.55. The van der Waals surface area contributed by atoms with Gasteiger partial charge in [-0.05, 0) is 12.1 Å². The van der Waals surface area contributed by atoms with Crippen molar-refractivity contribution in [3.05, 3.63) is 42.1 Å². The second-order valence-electron chi connectivity index (χ2n) is 4.86. The summed E-state index contributed by atoms with van der Waals surface area (Å²) in [5.74, 6) is -0.00366. The lowest BCUT2D eigenvalue weighted by molar-refractivity contribution is -0.0166. The fourth-order valence-electron chi connectivity index (χ4n) is 2.49. The number of halogens is 2. The van der Waals surface area contributed by atoms with Gasteiger partial charge in [-0.25, -0.2) is 0 Å². The van der Waals surface area contributed by atoms with Crippen LogP contribution in [-0.2, 0) is 4.74 Å². The lowest BCUT2D eigenvalue weighted by atomic mass is 10.1. The molecule has 2 heterocycles. The highest BCUT2D eigenvalue weighted by Crippen LogP contribution is 2.19. The topological polar surface area (TPSA) is 68.5 Å². The Balaban J connectivity index is 0.00000121. The van der Waals surface area contributed by atoms with Gasteiger partial charge in [0.25, 0.3) is 5.91 Å². The van der Waals surface area contributed by atoms with Gasteiger partial charge in [0.15, 0.2) is 0 Å². The molecule has 3 rings (SSSR count). The zero-order valence-corrected chi connectivity index (χ0v) is 13.6. The van der Waals surface area contributed by atoms with E-state index in [1.165, 1.54) is 0 Å². The van der Waals surface area contributed by atoms with Gasteiger partial charge >= 0.3 is 0 Å². The molecule has 0 saturated carbocycles. The van der Waals surface area contributed by atoms with E-state index in [2.05, 4.69) is 4.98 Å². The molecule has 1 amide bonds. The Bertz CT molecular complexity index is 634. The summed E-state index contributed by atoms with van der Waals surface area (Å²) >= 11 is 0. The molecular weight excluding hydrogens is 325 g/mol. The normalized spacial score (nSPS) is 17.5. The lowest BCUT2D eigenvalue weighted by Gasteiger charge is -2.32. The van der Waals surface area contributed by atoms with Gasteiger partial charge in [0, 0.05) is 31.2 Å². The van der Waals surface area contributed by atoms with E-state index in [1.54, 1.807) is 11.1 Å². The summed E-state index contributed by atoms with van der Waals surface area (Å²) in [5, 5.41) is 0.974. The molecule has 1 aromatic carbocycles. The SMILES string of the molecule is Cl.Cl.NCC1CN(C(=O)c2cccc3cccnc23)CCO1. The van der Waals surface area contributed by atoms with Crippen molar-refractivity contribution >= 4 is 41.6 Å². The average Bonchev–Trinajstić information content (AvgIpc) is 2.53. The van der Waals surface area contributed by atoms with E-state index in [0.717, 1.165) is 10.9 Å². The number of nitrogens with zero attached hydrogens (tertiary/aromatic N) is 2. The Kier molecular flexibility index (Phi) is 7.03. The van der Waals surface area contributed by atoms with E-state index in [-0.39, 0.29) is 36.8 Å². The van der Waals surface area contributed by atoms with E-state index in [4.69, 9.17) is 10.5 Å². The van der Waals surface area contributed by atoms with E-state index in [9.17, 15) is 4.79 Å². The molecule has 1 aliphatic heterocycles. The van der Waals surface area contributed by atoms with E-state index >= 15 is 0 Å². The van der Waals surface area contributed by atoms with Crippen molar-refractivity contribution in [1.82, 2.24) is 9.88 Å². The minimum Gasteiger partial charge on any atom is -0.373 e. The summed E-state index contributed by atoms with van der Waals surface area (Å²) < 4.78 is 5.50. The lowest BCUT2D eigenvalue weighted by Crippen LogP contribution is -2.48. The van der Waals surface area contributed by atoms with Gasteiger partial charge in [0.1, 0.15) is 0 Å². The van der Waals surface area contributed by atoms with Gasteiger partial charge in [0.2, 0.25) is 0 Å². The number of hydrogen-bond donors (Lipinski definition) is 1. The molecule has 2 aromatic rings. The number of fused-ring (bicyclic) bond motifs is 1. The molecule has 0 spiro atoms.